The van der Waals surface area contributed by atoms with Crippen molar-refractivity contribution in [3.63, 3.8) is 0 Å². The van der Waals surface area contributed by atoms with Crippen LogP contribution in [0.4, 0.5) is 5.69 Å². The molecule has 1 saturated heterocycles. The van der Waals surface area contributed by atoms with Gasteiger partial charge in [0.25, 0.3) is 5.91 Å². The van der Waals surface area contributed by atoms with Crippen molar-refractivity contribution in [3.05, 3.63) is 60.2 Å². The number of quaternary nitrogens is 1. The second kappa shape index (κ2) is 8.72. The Morgan fingerprint density at radius 3 is 2.27 bits per heavy atom. The van der Waals surface area contributed by atoms with Gasteiger partial charge in [-0.15, -0.1) is 0 Å². The van der Waals surface area contributed by atoms with Crippen molar-refractivity contribution in [1.29, 1.82) is 0 Å². The van der Waals surface area contributed by atoms with E-state index in [1.807, 2.05) is 35.2 Å². The number of nitrogens with zero attached hydrogens (tertiary/aromatic N) is 2. The number of methoxy groups -OCH3 is 1. The number of piperazine rings is 1. The molecule has 1 amide bonds. The highest BCUT2D eigenvalue weighted by Crippen LogP contribution is 2.20. The SMILES string of the molecule is COc1ccc(N2CCN(C(=O)C[NH+](C)Cc3ccccc3)CC2)cc1. The van der Waals surface area contributed by atoms with Crippen LogP contribution in [0.3, 0.4) is 0 Å². The number of hydrogen-bond donors (Lipinski definition) is 1. The van der Waals surface area contributed by atoms with Gasteiger partial charge in [0.05, 0.1) is 14.2 Å². The molecule has 1 fully saturated rings. The number of nitrogens with one attached hydrogen (secondary N) is 1. The van der Waals surface area contributed by atoms with Crippen molar-refractivity contribution in [1.82, 2.24) is 4.90 Å². The fraction of sp³-hybridized carbons (Fsp3) is 0.381. The van der Waals surface area contributed by atoms with Gasteiger partial charge in [0.2, 0.25) is 0 Å². The van der Waals surface area contributed by atoms with Crippen LogP contribution in [0.1, 0.15) is 5.56 Å². The van der Waals surface area contributed by atoms with Gasteiger partial charge in [0, 0.05) is 37.4 Å². The summed E-state index contributed by atoms with van der Waals surface area (Å²) >= 11 is 0. The molecular weight excluding hydrogens is 326 g/mol. The van der Waals surface area contributed by atoms with E-state index in [1.54, 1.807) is 7.11 Å². The van der Waals surface area contributed by atoms with Gasteiger partial charge < -0.3 is 19.4 Å². The van der Waals surface area contributed by atoms with Crippen LogP contribution in [0.25, 0.3) is 0 Å². The van der Waals surface area contributed by atoms with Crippen LogP contribution in [0.5, 0.6) is 5.75 Å². The van der Waals surface area contributed by atoms with Crippen LogP contribution in [-0.4, -0.2) is 57.7 Å². The molecule has 138 valence electrons. The quantitative estimate of drug-likeness (QED) is 0.843. The summed E-state index contributed by atoms with van der Waals surface area (Å²) in [5, 5.41) is 0. The first-order valence-corrected chi connectivity index (χ1v) is 9.17. The third-order valence-electron chi connectivity index (χ3n) is 4.87. The van der Waals surface area contributed by atoms with Crippen molar-refractivity contribution >= 4 is 11.6 Å². The van der Waals surface area contributed by atoms with Gasteiger partial charge in [0.15, 0.2) is 6.54 Å². The van der Waals surface area contributed by atoms with E-state index >= 15 is 0 Å². The van der Waals surface area contributed by atoms with Crippen LogP contribution >= 0.6 is 0 Å². The molecule has 5 nitrogen and oxygen atoms in total. The Labute approximate surface area is 155 Å². The summed E-state index contributed by atoms with van der Waals surface area (Å²) in [5.41, 5.74) is 2.45. The monoisotopic (exact) mass is 354 g/mol. The van der Waals surface area contributed by atoms with Gasteiger partial charge in [-0.3, -0.25) is 4.79 Å². The number of anilines is 1. The Morgan fingerprint density at radius 2 is 1.65 bits per heavy atom. The van der Waals surface area contributed by atoms with Gasteiger partial charge in [-0.2, -0.15) is 0 Å². The van der Waals surface area contributed by atoms with E-state index in [-0.39, 0.29) is 5.91 Å². The van der Waals surface area contributed by atoms with Crippen LogP contribution in [0.2, 0.25) is 0 Å². The number of hydrogen-bond acceptors (Lipinski definition) is 3. The van der Waals surface area contributed by atoms with Gasteiger partial charge in [0.1, 0.15) is 12.3 Å². The van der Waals surface area contributed by atoms with E-state index in [4.69, 9.17) is 4.74 Å². The average molecular weight is 354 g/mol. The summed E-state index contributed by atoms with van der Waals surface area (Å²) in [7, 11) is 3.76. The van der Waals surface area contributed by atoms with Crippen molar-refractivity contribution in [2.45, 2.75) is 6.54 Å². The van der Waals surface area contributed by atoms with E-state index in [0.717, 1.165) is 38.5 Å². The fourth-order valence-corrected chi connectivity index (χ4v) is 3.38. The molecule has 0 saturated carbocycles. The largest absolute Gasteiger partial charge is 0.497 e. The summed E-state index contributed by atoms with van der Waals surface area (Å²) in [5.74, 6) is 1.11. The summed E-state index contributed by atoms with van der Waals surface area (Å²) in [6, 6.07) is 18.5. The molecule has 0 aromatic heterocycles. The highest BCUT2D eigenvalue weighted by atomic mass is 16.5. The van der Waals surface area contributed by atoms with E-state index < -0.39 is 0 Å². The van der Waals surface area contributed by atoms with E-state index in [1.165, 1.54) is 16.2 Å². The molecule has 2 aromatic carbocycles. The van der Waals surface area contributed by atoms with E-state index in [2.05, 4.69) is 36.2 Å². The van der Waals surface area contributed by atoms with Crippen molar-refractivity contribution in [2.75, 3.05) is 51.8 Å². The van der Waals surface area contributed by atoms with Gasteiger partial charge in [-0.1, -0.05) is 30.3 Å². The molecule has 0 spiro atoms. The molecule has 3 rings (SSSR count). The molecule has 5 heteroatoms. The molecule has 2 aromatic rings. The van der Waals surface area contributed by atoms with Crippen LogP contribution in [0, 0.1) is 0 Å². The lowest BCUT2D eigenvalue weighted by atomic mass is 10.2. The maximum Gasteiger partial charge on any atom is 0.277 e. The molecule has 1 unspecified atom stereocenters. The minimum Gasteiger partial charge on any atom is -0.497 e. The zero-order chi connectivity index (χ0) is 18.4. The zero-order valence-electron chi connectivity index (χ0n) is 15.6. The molecule has 1 heterocycles. The lowest BCUT2D eigenvalue weighted by Gasteiger charge is -2.36. The lowest BCUT2D eigenvalue weighted by Crippen LogP contribution is -3.09. The second-order valence-electron chi connectivity index (χ2n) is 6.86. The van der Waals surface area contributed by atoms with Gasteiger partial charge in [-0.05, 0) is 24.3 Å². The zero-order valence-corrected chi connectivity index (χ0v) is 15.6. The van der Waals surface area contributed by atoms with Crippen molar-refractivity contribution < 1.29 is 14.4 Å². The number of rotatable bonds is 6. The second-order valence-corrected chi connectivity index (χ2v) is 6.86. The predicted molar refractivity (Wildman–Crippen MR) is 104 cm³/mol. The number of benzene rings is 2. The topological polar surface area (TPSA) is 37.2 Å². The Balaban J connectivity index is 1.47. The van der Waals surface area contributed by atoms with Crippen LogP contribution < -0.4 is 14.5 Å². The first-order valence-electron chi connectivity index (χ1n) is 9.17. The highest BCUT2D eigenvalue weighted by Gasteiger charge is 2.23. The van der Waals surface area contributed by atoms with E-state index in [9.17, 15) is 4.79 Å². The highest BCUT2D eigenvalue weighted by molar-refractivity contribution is 5.77. The Hall–Kier alpha value is -2.53. The Bertz CT molecular complexity index is 695. The van der Waals surface area contributed by atoms with Gasteiger partial charge in [-0.25, -0.2) is 0 Å². The smallest absolute Gasteiger partial charge is 0.277 e. The van der Waals surface area contributed by atoms with Gasteiger partial charge >= 0.3 is 0 Å². The molecular formula is C21H28N3O2+. The lowest BCUT2D eigenvalue weighted by molar-refractivity contribution is -0.885. The first kappa shape index (κ1) is 18.3. The van der Waals surface area contributed by atoms with Crippen LogP contribution in [0.15, 0.2) is 54.6 Å². The third-order valence-corrected chi connectivity index (χ3v) is 4.87. The first-order chi connectivity index (χ1) is 12.7. The number of carbonyl (C=O) groups excluding carboxylic acids is 1. The molecule has 1 N–H and O–H groups in total. The standard InChI is InChI=1S/C21H27N3O2/c1-22(16-18-6-4-3-5-7-18)17-21(25)24-14-12-23(13-15-24)19-8-10-20(26-2)11-9-19/h3-11H,12-17H2,1-2H3/p+1. The van der Waals surface area contributed by atoms with Crippen molar-refractivity contribution in [2.24, 2.45) is 0 Å². The normalized spacial score (nSPS) is 15.6. The molecule has 0 radical (unpaired) electrons. The number of likely N-dealkylation sites (N-methyl/N-ethyl adjacent to an activating group) is 1. The number of ether oxygens (including phenoxy) is 1. The van der Waals surface area contributed by atoms with E-state index in [0.29, 0.717) is 6.54 Å². The average Bonchev–Trinajstić information content (AvgIpc) is 2.69. The summed E-state index contributed by atoms with van der Waals surface area (Å²) < 4.78 is 5.21. The van der Waals surface area contributed by atoms with Crippen molar-refractivity contribution in [3.8, 4) is 5.75 Å². The molecule has 1 aliphatic heterocycles. The summed E-state index contributed by atoms with van der Waals surface area (Å²) in [6.07, 6.45) is 0. The van der Waals surface area contributed by atoms with Crippen LogP contribution in [-0.2, 0) is 11.3 Å². The Morgan fingerprint density at radius 1 is 1.00 bits per heavy atom. The minimum absolute atomic E-state index is 0.243. The summed E-state index contributed by atoms with van der Waals surface area (Å²) in [6.45, 7) is 4.72. The molecule has 0 aliphatic carbocycles. The molecule has 0 bridgehead atoms. The Kier molecular flexibility index (Phi) is 6.12. The summed E-state index contributed by atoms with van der Waals surface area (Å²) in [4.78, 5) is 18.1. The third kappa shape index (κ3) is 4.76. The molecule has 1 aliphatic rings. The maximum atomic E-state index is 12.6. The minimum atomic E-state index is 0.243. The fourth-order valence-electron chi connectivity index (χ4n) is 3.38. The number of carbonyl (C=O) groups is 1. The molecule has 26 heavy (non-hydrogen) atoms. The predicted octanol–water partition coefficient (Wildman–Crippen LogP) is 1.06. The molecule has 1 atom stereocenters. The maximum absolute atomic E-state index is 12.6. The number of amides is 1.